The largest absolute Gasteiger partial charge is 0.348 e. The van der Waals surface area contributed by atoms with Crippen molar-refractivity contribution >= 4 is 0 Å². The number of rotatable bonds is 2. The maximum Gasteiger partial charge on any atom is 0.168 e. The van der Waals surface area contributed by atoms with Crippen LogP contribution in [0.5, 0.6) is 0 Å². The van der Waals surface area contributed by atoms with Crippen molar-refractivity contribution in [3.05, 3.63) is 0 Å². The van der Waals surface area contributed by atoms with Gasteiger partial charge in [-0.15, -0.1) is 0 Å². The fraction of sp³-hybridized carbons (Fsp3) is 1.00. The second-order valence-corrected chi connectivity index (χ2v) is 6.29. The molecule has 0 aromatic heterocycles. The smallest absolute Gasteiger partial charge is 0.168 e. The molecule has 1 spiro atoms. The molecule has 92 valence electrons. The molecule has 1 saturated heterocycles. The van der Waals surface area contributed by atoms with Gasteiger partial charge in [-0.1, -0.05) is 13.8 Å². The first-order chi connectivity index (χ1) is 7.60. The van der Waals surface area contributed by atoms with Gasteiger partial charge in [-0.05, 0) is 24.7 Å². The van der Waals surface area contributed by atoms with Gasteiger partial charge < -0.3 is 14.8 Å². The van der Waals surface area contributed by atoms with Crippen LogP contribution in [0.3, 0.4) is 0 Å². The van der Waals surface area contributed by atoms with E-state index in [1.165, 1.54) is 19.3 Å². The maximum atomic E-state index is 5.74. The Balaban J connectivity index is 1.48. The molecule has 1 unspecified atom stereocenters. The fourth-order valence-corrected chi connectivity index (χ4v) is 3.05. The van der Waals surface area contributed by atoms with Gasteiger partial charge in [-0.25, -0.2) is 0 Å². The minimum Gasteiger partial charge on any atom is -0.348 e. The van der Waals surface area contributed by atoms with Crippen LogP contribution in [0.25, 0.3) is 0 Å². The molecule has 1 N–H and O–H groups in total. The van der Waals surface area contributed by atoms with Gasteiger partial charge in [0.05, 0.1) is 13.2 Å². The number of ether oxygens (including phenoxy) is 2. The van der Waals surface area contributed by atoms with Crippen molar-refractivity contribution in [1.82, 2.24) is 5.32 Å². The molecule has 1 heterocycles. The molecule has 2 aliphatic carbocycles. The van der Waals surface area contributed by atoms with E-state index in [0.29, 0.717) is 11.5 Å². The van der Waals surface area contributed by atoms with Crippen molar-refractivity contribution in [1.29, 1.82) is 0 Å². The van der Waals surface area contributed by atoms with Gasteiger partial charge in [0.2, 0.25) is 0 Å². The zero-order chi connectivity index (χ0) is 11.2. The van der Waals surface area contributed by atoms with Crippen molar-refractivity contribution in [2.75, 3.05) is 13.2 Å². The van der Waals surface area contributed by atoms with Crippen molar-refractivity contribution in [3.8, 4) is 0 Å². The first-order valence-corrected chi connectivity index (χ1v) is 6.64. The molecule has 3 rings (SSSR count). The predicted molar refractivity (Wildman–Crippen MR) is 62.2 cm³/mol. The summed E-state index contributed by atoms with van der Waals surface area (Å²) in [7, 11) is 0. The number of hydrogen-bond donors (Lipinski definition) is 1. The highest BCUT2D eigenvalue weighted by molar-refractivity contribution is 5.03. The Morgan fingerprint density at radius 3 is 2.12 bits per heavy atom. The minimum atomic E-state index is -0.197. The Bertz CT molecular complexity index is 261. The van der Waals surface area contributed by atoms with E-state index in [4.69, 9.17) is 9.47 Å². The van der Waals surface area contributed by atoms with Crippen LogP contribution >= 0.6 is 0 Å². The monoisotopic (exact) mass is 225 g/mol. The van der Waals surface area contributed by atoms with E-state index in [0.717, 1.165) is 32.1 Å². The summed E-state index contributed by atoms with van der Waals surface area (Å²) >= 11 is 0. The molecule has 3 aliphatic rings. The molecule has 3 heteroatoms. The summed E-state index contributed by atoms with van der Waals surface area (Å²) in [5, 5.41) is 3.78. The maximum absolute atomic E-state index is 5.74. The molecule has 3 nitrogen and oxygen atoms in total. The van der Waals surface area contributed by atoms with Gasteiger partial charge in [-0.2, -0.15) is 0 Å². The van der Waals surface area contributed by atoms with Gasteiger partial charge in [0, 0.05) is 24.9 Å². The Kier molecular flexibility index (Phi) is 2.54. The van der Waals surface area contributed by atoms with E-state index in [9.17, 15) is 0 Å². The van der Waals surface area contributed by atoms with Gasteiger partial charge >= 0.3 is 0 Å². The van der Waals surface area contributed by atoms with Crippen LogP contribution in [-0.4, -0.2) is 31.1 Å². The summed E-state index contributed by atoms with van der Waals surface area (Å²) < 4.78 is 11.5. The first kappa shape index (κ1) is 11.0. The van der Waals surface area contributed by atoms with Crippen LogP contribution in [0.1, 0.15) is 46.0 Å². The van der Waals surface area contributed by atoms with Crippen LogP contribution in [0, 0.1) is 5.41 Å². The van der Waals surface area contributed by atoms with Gasteiger partial charge in [0.1, 0.15) is 0 Å². The molecule has 0 amide bonds. The average Bonchev–Trinajstić information content (AvgIpc) is 2.67. The first-order valence-electron chi connectivity index (χ1n) is 6.64. The number of hydrogen-bond acceptors (Lipinski definition) is 3. The lowest BCUT2D eigenvalue weighted by molar-refractivity contribution is -0.179. The van der Waals surface area contributed by atoms with E-state index in [-0.39, 0.29) is 5.79 Å². The van der Waals surface area contributed by atoms with Crippen LogP contribution < -0.4 is 5.32 Å². The SMILES string of the molecule is CC1(C)CC1NC1CCC2(CC1)OCCO2. The Hall–Kier alpha value is -0.120. The molecule has 0 aromatic carbocycles. The normalized spacial score (nSPS) is 36.8. The fourth-order valence-electron chi connectivity index (χ4n) is 3.05. The lowest BCUT2D eigenvalue weighted by Crippen LogP contribution is -2.43. The Morgan fingerprint density at radius 1 is 1.06 bits per heavy atom. The molecule has 1 aliphatic heterocycles. The molecule has 16 heavy (non-hydrogen) atoms. The summed E-state index contributed by atoms with van der Waals surface area (Å²) in [4.78, 5) is 0. The molecular formula is C13H23NO2. The summed E-state index contributed by atoms with van der Waals surface area (Å²) in [5.74, 6) is -0.197. The third-order valence-corrected chi connectivity index (χ3v) is 4.51. The topological polar surface area (TPSA) is 30.5 Å². The zero-order valence-corrected chi connectivity index (χ0v) is 10.4. The Labute approximate surface area is 97.9 Å². The molecule has 0 bridgehead atoms. The minimum absolute atomic E-state index is 0.197. The quantitative estimate of drug-likeness (QED) is 0.780. The van der Waals surface area contributed by atoms with E-state index >= 15 is 0 Å². The standard InChI is InChI=1S/C13H23NO2/c1-12(2)9-11(12)14-10-3-5-13(6-4-10)15-7-8-16-13/h10-11,14H,3-9H2,1-2H3. The van der Waals surface area contributed by atoms with Crippen molar-refractivity contribution in [2.45, 2.75) is 63.8 Å². The third-order valence-electron chi connectivity index (χ3n) is 4.51. The summed E-state index contributed by atoms with van der Waals surface area (Å²) in [6.45, 7) is 6.26. The summed E-state index contributed by atoms with van der Waals surface area (Å²) in [5.41, 5.74) is 0.537. The zero-order valence-electron chi connectivity index (χ0n) is 10.4. The lowest BCUT2D eigenvalue weighted by atomic mass is 9.90. The van der Waals surface area contributed by atoms with Gasteiger partial charge in [0.25, 0.3) is 0 Å². The predicted octanol–water partition coefficient (Wildman–Crippen LogP) is 2.06. The van der Waals surface area contributed by atoms with Gasteiger partial charge in [0.15, 0.2) is 5.79 Å². The lowest BCUT2D eigenvalue weighted by Gasteiger charge is -2.36. The summed E-state index contributed by atoms with van der Waals surface area (Å²) in [6.07, 6.45) is 5.87. The van der Waals surface area contributed by atoms with E-state index in [2.05, 4.69) is 19.2 Å². The van der Waals surface area contributed by atoms with Crippen LogP contribution in [-0.2, 0) is 9.47 Å². The molecule has 0 aromatic rings. The van der Waals surface area contributed by atoms with E-state index in [1.807, 2.05) is 0 Å². The second-order valence-electron chi connectivity index (χ2n) is 6.29. The van der Waals surface area contributed by atoms with Crippen LogP contribution in [0.2, 0.25) is 0 Å². The highest BCUT2D eigenvalue weighted by atomic mass is 16.7. The average molecular weight is 225 g/mol. The molecule has 1 atom stereocenters. The van der Waals surface area contributed by atoms with Crippen molar-refractivity contribution in [3.63, 3.8) is 0 Å². The molecule has 2 saturated carbocycles. The third kappa shape index (κ3) is 2.01. The van der Waals surface area contributed by atoms with Crippen LogP contribution in [0.15, 0.2) is 0 Å². The van der Waals surface area contributed by atoms with Crippen molar-refractivity contribution < 1.29 is 9.47 Å². The van der Waals surface area contributed by atoms with Crippen molar-refractivity contribution in [2.24, 2.45) is 5.41 Å². The molecule has 3 fully saturated rings. The summed E-state index contributed by atoms with van der Waals surface area (Å²) in [6, 6.07) is 1.43. The van der Waals surface area contributed by atoms with Gasteiger partial charge in [-0.3, -0.25) is 0 Å². The van der Waals surface area contributed by atoms with E-state index in [1.54, 1.807) is 0 Å². The number of nitrogens with one attached hydrogen (secondary N) is 1. The van der Waals surface area contributed by atoms with Crippen LogP contribution in [0.4, 0.5) is 0 Å². The molecule has 0 radical (unpaired) electrons. The highest BCUT2D eigenvalue weighted by Crippen LogP contribution is 2.46. The highest BCUT2D eigenvalue weighted by Gasteiger charge is 2.48. The van der Waals surface area contributed by atoms with E-state index < -0.39 is 0 Å². The Morgan fingerprint density at radius 2 is 1.62 bits per heavy atom. The second kappa shape index (κ2) is 3.69. The molecular weight excluding hydrogens is 202 g/mol.